The third-order valence-corrected chi connectivity index (χ3v) is 3.76. The Balaban J connectivity index is 2.01. The molecule has 1 N–H and O–H groups in total. The summed E-state index contributed by atoms with van der Waals surface area (Å²) < 4.78 is 42.6. The summed E-state index contributed by atoms with van der Waals surface area (Å²) in [4.78, 5) is 34.4. The Morgan fingerprint density at radius 2 is 1.75 bits per heavy atom. The summed E-state index contributed by atoms with van der Waals surface area (Å²) in [6, 6.07) is 7.40. The lowest BCUT2D eigenvalue weighted by molar-refractivity contribution is -0.385. The second-order valence-corrected chi connectivity index (χ2v) is 5.87. The second kappa shape index (κ2) is 8.07. The van der Waals surface area contributed by atoms with Crippen molar-refractivity contribution in [3.05, 3.63) is 69.3 Å². The quantitative estimate of drug-likeness (QED) is 0.466. The van der Waals surface area contributed by atoms with Crippen molar-refractivity contribution in [3.8, 4) is 0 Å². The number of carbonyl (C=O) groups excluding carboxylic acids is 2. The summed E-state index contributed by atoms with van der Waals surface area (Å²) in [7, 11) is 0. The largest absolute Gasteiger partial charge is 0.449 e. The van der Waals surface area contributed by atoms with E-state index < -0.39 is 34.6 Å². The van der Waals surface area contributed by atoms with Gasteiger partial charge >= 0.3 is 12.1 Å². The van der Waals surface area contributed by atoms with Gasteiger partial charge in [0.15, 0.2) is 6.10 Å². The molecule has 2 aromatic rings. The molecule has 0 aliphatic heterocycles. The normalized spacial score (nSPS) is 12.2. The molecule has 0 radical (unpaired) electrons. The molecular formula is C18H15F3N2O5. The average Bonchev–Trinajstić information content (AvgIpc) is 2.60. The molecule has 0 spiro atoms. The van der Waals surface area contributed by atoms with Gasteiger partial charge in [0.2, 0.25) is 0 Å². The molecule has 0 fully saturated rings. The van der Waals surface area contributed by atoms with Crippen molar-refractivity contribution in [2.45, 2.75) is 26.1 Å². The van der Waals surface area contributed by atoms with Gasteiger partial charge in [-0.2, -0.15) is 13.2 Å². The lowest BCUT2D eigenvalue weighted by Crippen LogP contribution is -2.30. The van der Waals surface area contributed by atoms with Crippen LogP contribution in [0.4, 0.5) is 24.5 Å². The number of alkyl halides is 3. The second-order valence-electron chi connectivity index (χ2n) is 5.87. The summed E-state index contributed by atoms with van der Waals surface area (Å²) in [5, 5.41) is 13.1. The highest BCUT2D eigenvalue weighted by Gasteiger charge is 2.30. The van der Waals surface area contributed by atoms with Gasteiger partial charge in [-0.05, 0) is 50.2 Å². The van der Waals surface area contributed by atoms with Crippen molar-refractivity contribution in [2.24, 2.45) is 0 Å². The first-order valence-corrected chi connectivity index (χ1v) is 7.93. The van der Waals surface area contributed by atoms with Gasteiger partial charge in [0.1, 0.15) is 0 Å². The summed E-state index contributed by atoms with van der Waals surface area (Å²) in [5.74, 6) is -1.61. The van der Waals surface area contributed by atoms with E-state index in [2.05, 4.69) is 5.32 Å². The number of nitro benzene ring substituents is 1. The minimum Gasteiger partial charge on any atom is -0.449 e. The maximum Gasteiger partial charge on any atom is 0.416 e. The van der Waals surface area contributed by atoms with Gasteiger partial charge in [0.05, 0.1) is 16.1 Å². The molecule has 148 valence electrons. The van der Waals surface area contributed by atoms with Crippen LogP contribution < -0.4 is 5.32 Å². The molecule has 10 heteroatoms. The number of amides is 1. The Kier molecular flexibility index (Phi) is 6.02. The van der Waals surface area contributed by atoms with Crippen LogP contribution in [0.3, 0.4) is 0 Å². The minimum atomic E-state index is -4.49. The molecule has 0 heterocycles. The topological polar surface area (TPSA) is 98.5 Å². The molecule has 0 aliphatic rings. The smallest absolute Gasteiger partial charge is 0.416 e. The predicted molar refractivity (Wildman–Crippen MR) is 92.8 cm³/mol. The molecular weight excluding hydrogens is 381 g/mol. The Morgan fingerprint density at radius 1 is 1.14 bits per heavy atom. The first-order chi connectivity index (χ1) is 13.0. The molecule has 7 nitrogen and oxygen atoms in total. The fourth-order valence-corrected chi connectivity index (χ4v) is 2.26. The number of aryl methyl sites for hydroxylation is 1. The molecule has 28 heavy (non-hydrogen) atoms. The molecule has 0 unspecified atom stereocenters. The Hall–Kier alpha value is -3.43. The van der Waals surface area contributed by atoms with Gasteiger partial charge in [0, 0.05) is 17.3 Å². The molecule has 0 aromatic heterocycles. The van der Waals surface area contributed by atoms with Crippen LogP contribution in [-0.2, 0) is 15.7 Å². The van der Waals surface area contributed by atoms with E-state index in [-0.39, 0.29) is 22.5 Å². The highest BCUT2D eigenvalue weighted by atomic mass is 19.4. The van der Waals surface area contributed by atoms with Gasteiger partial charge in [-0.1, -0.05) is 0 Å². The van der Waals surface area contributed by atoms with Crippen molar-refractivity contribution >= 4 is 23.3 Å². The lowest BCUT2D eigenvalue weighted by Gasteiger charge is -2.14. The van der Waals surface area contributed by atoms with E-state index >= 15 is 0 Å². The van der Waals surface area contributed by atoms with E-state index in [4.69, 9.17) is 4.74 Å². The number of hydrogen-bond donors (Lipinski definition) is 1. The number of nitro groups is 1. The number of halogens is 3. The number of carbonyl (C=O) groups is 2. The molecule has 0 bridgehead atoms. The van der Waals surface area contributed by atoms with Gasteiger partial charge in [0.25, 0.3) is 11.6 Å². The number of benzene rings is 2. The van der Waals surface area contributed by atoms with E-state index in [1.807, 2.05) is 0 Å². The van der Waals surface area contributed by atoms with Crippen LogP contribution in [0.25, 0.3) is 0 Å². The number of ether oxygens (including phenoxy) is 1. The van der Waals surface area contributed by atoms with Gasteiger partial charge in [-0.3, -0.25) is 14.9 Å². The Morgan fingerprint density at radius 3 is 2.25 bits per heavy atom. The fourth-order valence-electron chi connectivity index (χ4n) is 2.26. The average molecular weight is 396 g/mol. The Labute approximate surface area is 157 Å². The van der Waals surface area contributed by atoms with Gasteiger partial charge < -0.3 is 10.1 Å². The number of nitrogens with zero attached hydrogens (tertiary/aromatic N) is 1. The number of hydrogen-bond acceptors (Lipinski definition) is 5. The monoisotopic (exact) mass is 396 g/mol. The highest BCUT2D eigenvalue weighted by Crippen LogP contribution is 2.29. The van der Waals surface area contributed by atoms with Crippen LogP contribution in [-0.4, -0.2) is 22.9 Å². The van der Waals surface area contributed by atoms with Gasteiger partial charge in [-0.25, -0.2) is 4.79 Å². The van der Waals surface area contributed by atoms with Crippen molar-refractivity contribution in [1.29, 1.82) is 0 Å². The summed E-state index contributed by atoms with van der Waals surface area (Å²) in [6.07, 6.45) is -5.74. The summed E-state index contributed by atoms with van der Waals surface area (Å²) >= 11 is 0. The number of anilines is 1. The number of nitrogens with one attached hydrogen (secondary N) is 1. The maximum absolute atomic E-state index is 12.5. The standard InChI is InChI=1S/C18H15F3N2O5/c1-10-9-12(3-8-15(10)23(26)27)17(25)28-11(2)16(24)22-14-6-4-13(5-7-14)18(19,20)21/h3-9,11H,1-2H3,(H,22,24)/t11-/m1/s1. The molecule has 2 aromatic carbocycles. The van der Waals surface area contributed by atoms with Crippen molar-refractivity contribution in [1.82, 2.24) is 0 Å². The summed E-state index contributed by atoms with van der Waals surface area (Å²) in [5.41, 5.74) is -0.645. The molecule has 1 atom stereocenters. The van der Waals surface area contributed by atoms with Crippen molar-refractivity contribution in [3.63, 3.8) is 0 Å². The molecule has 0 saturated carbocycles. The highest BCUT2D eigenvalue weighted by molar-refractivity contribution is 5.97. The predicted octanol–water partition coefficient (Wildman–Crippen LogP) is 4.11. The molecule has 0 aliphatic carbocycles. The number of esters is 1. The summed E-state index contributed by atoms with van der Waals surface area (Å²) in [6.45, 7) is 2.74. The minimum absolute atomic E-state index is 0.0253. The first kappa shape index (κ1) is 20.9. The SMILES string of the molecule is Cc1cc(C(=O)O[C@H](C)C(=O)Nc2ccc(C(F)(F)F)cc2)ccc1[N+](=O)[O-]. The van der Waals surface area contributed by atoms with Crippen molar-refractivity contribution < 1.29 is 32.4 Å². The first-order valence-electron chi connectivity index (χ1n) is 7.93. The molecule has 2 rings (SSSR count). The van der Waals surface area contributed by atoms with Crippen molar-refractivity contribution in [2.75, 3.05) is 5.32 Å². The number of rotatable bonds is 5. The third-order valence-electron chi connectivity index (χ3n) is 3.76. The zero-order chi connectivity index (χ0) is 21.1. The van der Waals surface area contributed by atoms with E-state index in [0.717, 1.165) is 30.3 Å². The van der Waals surface area contributed by atoms with E-state index in [9.17, 15) is 32.9 Å². The van der Waals surface area contributed by atoms with Crippen LogP contribution in [0.2, 0.25) is 0 Å². The fraction of sp³-hybridized carbons (Fsp3) is 0.222. The zero-order valence-electron chi connectivity index (χ0n) is 14.7. The zero-order valence-corrected chi connectivity index (χ0v) is 14.7. The van der Waals surface area contributed by atoms with Crippen LogP contribution in [0.15, 0.2) is 42.5 Å². The van der Waals surface area contributed by atoms with Crippen LogP contribution in [0.1, 0.15) is 28.4 Å². The molecule has 0 saturated heterocycles. The van der Waals surface area contributed by atoms with Crippen LogP contribution in [0, 0.1) is 17.0 Å². The molecule has 1 amide bonds. The van der Waals surface area contributed by atoms with Gasteiger partial charge in [-0.15, -0.1) is 0 Å². The van der Waals surface area contributed by atoms with Crippen LogP contribution >= 0.6 is 0 Å². The van der Waals surface area contributed by atoms with E-state index in [1.54, 1.807) is 0 Å². The lowest BCUT2D eigenvalue weighted by atomic mass is 10.1. The van der Waals surface area contributed by atoms with E-state index in [1.165, 1.54) is 26.0 Å². The van der Waals surface area contributed by atoms with Crippen LogP contribution in [0.5, 0.6) is 0 Å². The Bertz CT molecular complexity index is 910. The third kappa shape index (κ3) is 5.06. The van der Waals surface area contributed by atoms with E-state index in [0.29, 0.717) is 0 Å². The maximum atomic E-state index is 12.5.